The summed E-state index contributed by atoms with van der Waals surface area (Å²) in [5.41, 5.74) is 0. The van der Waals surface area contributed by atoms with Crippen LogP contribution in [-0.4, -0.2) is 70.0 Å². The van der Waals surface area contributed by atoms with Gasteiger partial charge in [-0.25, -0.2) is 0 Å². The average Bonchev–Trinajstić information content (AvgIpc) is 3.61. The largest absolute Gasteiger partial charge is 0.756 e. The van der Waals surface area contributed by atoms with Gasteiger partial charge in [0.2, 0.25) is 0 Å². The lowest BCUT2D eigenvalue weighted by Gasteiger charge is -2.28. The second kappa shape index (κ2) is 63.9. The summed E-state index contributed by atoms with van der Waals surface area (Å²) < 4.78 is 34.3. The number of quaternary nitrogens is 1. The zero-order valence-electron chi connectivity index (χ0n) is 54.8. The van der Waals surface area contributed by atoms with Gasteiger partial charge in [-0.1, -0.05) is 283 Å². The van der Waals surface area contributed by atoms with Gasteiger partial charge in [0.25, 0.3) is 7.82 Å². The van der Waals surface area contributed by atoms with E-state index in [1.54, 1.807) is 0 Å². The Labute approximate surface area is 518 Å². The van der Waals surface area contributed by atoms with Crippen molar-refractivity contribution in [1.29, 1.82) is 0 Å². The van der Waals surface area contributed by atoms with Crippen LogP contribution in [0, 0.1) is 0 Å². The molecule has 0 aliphatic heterocycles. The third-order valence-electron chi connectivity index (χ3n) is 14.5. The third-order valence-corrected chi connectivity index (χ3v) is 15.4. The fourth-order valence-electron chi connectivity index (χ4n) is 9.23. The van der Waals surface area contributed by atoms with Crippen molar-refractivity contribution in [3.05, 3.63) is 122 Å². The molecule has 0 aromatic heterocycles. The monoisotopic (exact) mass is 1190 g/mol. The molecule has 0 rings (SSSR count). The molecule has 0 radical (unpaired) electrons. The Balaban J connectivity index is 4.11. The SMILES string of the molecule is CC/C=C\C/C=C\C/C=C\C/C=C\C/C=C\C/C=C\C/C=C\C/C=C\CCCCCCCCCCCCC(=O)OC(COC(=O)CCCCCCCCCCCCCCC/C=C\C/C=C\CCCCCCC)COP(=O)([O-])OCC[N+](C)(C)C. The van der Waals surface area contributed by atoms with Gasteiger partial charge >= 0.3 is 11.9 Å². The number of likely N-dealkylation sites (N-methyl/N-ethyl adjacent to an activating group) is 1. The van der Waals surface area contributed by atoms with Crippen molar-refractivity contribution in [1.82, 2.24) is 0 Å². The number of hydrogen-bond donors (Lipinski definition) is 0. The second-order valence-corrected chi connectivity index (χ2v) is 25.2. The molecule has 0 bridgehead atoms. The summed E-state index contributed by atoms with van der Waals surface area (Å²) in [4.78, 5) is 38.0. The number of hydrogen-bond acceptors (Lipinski definition) is 8. The van der Waals surface area contributed by atoms with Crippen molar-refractivity contribution in [3.63, 3.8) is 0 Å². The van der Waals surface area contributed by atoms with Gasteiger partial charge in [0.1, 0.15) is 19.8 Å². The molecule has 482 valence electrons. The molecule has 0 amide bonds. The summed E-state index contributed by atoms with van der Waals surface area (Å²) >= 11 is 0. The van der Waals surface area contributed by atoms with Crippen molar-refractivity contribution in [3.8, 4) is 0 Å². The number of phosphoric acid groups is 1. The number of carbonyl (C=O) groups excluding carboxylic acids is 2. The Morgan fingerprint density at radius 2 is 0.679 bits per heavy atom. The Morgan fingerprint density at radius 1 is 0.381 bits per heavy atom. The minimum Gasteiger partial charge on any atom is -0.756 e. The second-order valence-electron chi connectivity index (χ2n) is 23.8. The highest BCUT2D eigenvalue weighted by molar-refractivity contribution is 7.45. The van der Waals surface area contributed by atoms with E-state index >= 15 is 0 Å². The van der Waals surface area contributed by atoms with Crippen LogP contribution in [0.5, 0.6) is 0 Å². The smallest absolute Gasteiger partial charge is 0.306 e. The molecule has 9 nitrogen and oxygen atoms in total. The number of phosphoric ester groups is 1. The van der Waals surface area contributed by atoms with Crippen LogP contribution in [0.25, 0.3) is 0 Å². The van der Waals surface area contributed by atoms with Crippen LogP contribution in [0.15, 0.2) is 122 Å². The van der Waals surface area contributed by atoms with Crippen molar-refractivity contribution in [2.45, 2.75) is 290 Å². The van der Waals surface area contributed by atoms with Gasteiger partial charge in [0.15, 0.2) is 6.10 Å². The van der Waals surface area contributed by atoms with Crippen LogP contribution < -0.4 is 4.89 Å². The van der Waals surface area contributed by atoms with Crippen LogP contribution in [-0.2, 0) is 32.7 Å². The van der Waals surface area contributed by atoms with Gasteiger partial charge in [-0.15, -0.1) is 0 Å². The van der Waals surface area contributed by atoms with Crippen molar-refractivity contribution < 1.29 is 42.1 Å². The topological polar surface area (TPSA) is 111 Å². The van der Waals surface area contributed by atoms with Crippen LogP contribution >= 0.6 is 7.82 Å². The van der Waals surface area contributed by atoms with Gasteiger partial charge in [-0.3, -0.25) is 14.2 Å². The molecule has 2 atom stereocenters. The van der Waals surface area contributed by atoms with Gasteiger partial charge in [-0.2, -0.15) is 0 Å². The highest BCUT2D eigenvalue weighted by Crippen LogP contribution is 2.38. The number of allylic oxidation sites excluding steroid dienone is 20. The number of rotatable bonds is 62. The molecule has 0 heterocycles. The molecule has 0 aromatic rings. The Bertz CT molecular complexity index is 1830. The van der Waals surface area contributed by atoms with Crippen LogP contribution in [0.1, 0.15) is 284 Å². The summed E-state index contributed by atoms with van der Waals surface area (Å²) in [6, 6.07) is 0. The lowest BCUT2D eigenvalue weighted by atomic mass is 10.0. The molecule has 0 spiro atoms. The lowest BCUT2D eigenvalue weighted by Crippen LogP contribution is -2.37. The molecule has 2 unspecified atom stereocenters. The number of esters is 2. The van der Waals surface area contributed by atoms with Gasteiger partial charge in [0, 0.05) is 12.8 Å². The van der Waals surface area contributed by atoms with E-state index in [9.17, 15) is 19.0 Å². The predicted molar refractivity (Wildman–Crippen MR) is 360 cm³/mol. The van der Waals surface area contributed by atoms with Crippen LogP contribution in [0.4, 0.5) is 0 Å². The van der Waals surface area contributed by atoms with Gasteiger partial charge in [0.05, 0.1) is 27.7 Å². The Kier molecular flexibility index (Phi) is 61.2. The molecular formula is C74H128NO8P. The standard InChI is InChI=1S/C74H128NO8P/c1-6-8-10-12-14-16-18-20-22-24-26-28-30-32-33-34-35-36-37-38-39-40-41-43-45-47-49-51-53-55-57-59-61-63-65-67-74(77)83-72(71-82-84(78,79)81-69-68-75(3,4)5)70-80-73(76)66-64-62-60-58-56-54-52-50-48-46-44-42-31-29-27-25-23-21-19-17-15-13-11-9-7-2/h8,10,14,16,19-22,25-28,32-33,35-36,38-39,41,43,72H,6-7,9,11-13,15,17-18,23-24,29-31,34,37,40,42,44-71H2,1-5H3/b10-8-,16-14-,21-19-,22-20-,27-25-,28-26-,33-32-,36-35-,39-38-,43-41-. The van der Waals surface area contributed by atoms with E-state index in [4.69, 9.17) is 18.5 Å². The maximum atomic E-state index is 12.9. The highest BCUT2D eigenvalue weighted by Gasteiger charge is 2.22. The Morgan fingerprint density at radius 3 is 1.01 bits per heavy atom. The molecule has 0 N–H and O–H groups in total. The molecule has 10 heteroatoms. The summed E-state index contributed by atoms with van der Waals surface area (Å²) in [7, 11) is 1.16. The number of carbonyl (C=O) groups is 2. The fourth-order valence-corrected chi connectivity index (χ4v) is 9.96. The summed E-state index contributed by atoms with van der Waals surface area (Å²) in [5, 5.41) is 0. The van der Waals surface area contributed by atoms with E-state index in [2.05, 4.69) is 135 Å². The van der Waals surface area contributed by atoms with E-state index in [0.717, 1.165) is 103 Å². The summed E-state index contributed by atoms with van der Waals surface area (Å²) in [6.45, 7) is 4.12. The van der Waals surface area contributed by atoms with E-state index < -0.39 is 26.5 Å². The minimum absolute atomic E-state index is 0.0366. The first-order chi connectivity index (χ1) is 41.0. The first-order valence-corrected chi connectivity index (χ1v) is 35.7. The lowest BCUT2D eigenvalue weighted by molar-refractivity contribution is -0.870. The van der Waals surface area contributed by atoms with Crippen molar-refractivity contribution in [2.75, 3.05) is 47.5 Å². The summed E-state index contributed by atoms with van der Waals surface area (Å²) in [5.74, 6) is -0.838. The molecular weight excluding hydrogens is 1060 g/mol. The molecule has 0 aliphatic carbocycles. The molecule has 84 heavy (non-hydrogen) atoms. The normalized spacial score (nSPS) is 13.9. The average molecular weight is 1190 g/mol. The molecule has 0 saturated carbocycles. The maximum Gasteiger partial charge on any atom is 0.306 e. The van der Waals surface area contributed by atoms with Crippen LogP contribution in [0.3, 0.4) is 0 Å². The van der Waals surface area contributed by atoms with E-state index in [-0.39, 0.29) is 32.0 Å². The first-order valence-electron chi connectivity index (χ1n) is 34.2. The zero-order chi connectivity index (χ0) is 61.2. The quantitative estimate of drug-likeness (QED) is 0.0195. The van der Waals surface area contributed by atoms with Gasteiger partial charge in [-0.05, 0) is 109 Å². The van der Waals surface area contributed by atoms with E-state index in [1.807, 2.05) is 21.1 Å². The minimum atomic E-state index is -4.65. The zero-order valence-corrected chi connectivity index (χ0v) is 55.7. The Hall–Kier alpha value is -3.59. The predicted octanol–water partition coefficient (Wildman–Crippen LogP) is 21.6. The number of nitrogens with zero attached hydrogens (tertiary/aromatic N) is 1. The number of ether oxygens (including phenoxy) is 2. The molecule has 0 aliphatic rings. The molecule has 0 saturated heterocycles. The maximum absolute atomic E-state index is 12.9. The summed E-state index contributed by atoms with van der Waals surface area (Å²) in [6.07, 6.45) is 91.2. The highest BCUT2D eigenvalue weighted by atomic mass is 31.2. The van der Waals surface area contributed by atoms with Crippen molar-refractivity contribution in [2.24, 2.45) is 0 Å². The van der Waals surface area contributed by atoms with E-state index in [1.165, 1.54) is 148 Å². The third kappa shape index (κ3) is 67.5. The van der Waals surface area contributed by atoms with Gasteiger partial charge < -0.3 is 27.9 Å². The first kappa shape index (κ1) is 80.4. The molecule has 0 aromatic carbocycles. The fraction of sp³-hybridized carbons (Fsp3) is 0.703. The molecule has 0 fully saturated rings. The van der Waals surface area contributed by atoms with Crippen molar-refractivity contribution >= 4 is 19.8 Å². The van der Waals surface area contributed by atoms with E-state index in [0.29, 0.717) is 17.4 Å². The van der Waals surface area contributed by atoms with Crippen LogP contribution in [0.2, 0.25) is 0 Å². The number of unbranched alkanes of at least 4 members (excludes halogenated alkanes) is 28.